The first kappa shape index (κ1) is 56.9. The molecule has 4 atom stereocenters. The highest BCUT2D eigenvalue weighted by molar-refractivity contribution is 6.37. The van der Waals surface area contributed by atoms with Gasteiger partial charge < -0.3 is 47.0 Å². The number of amides is 9. The van der Waals surface area contributed by atoms with Gasteiger partial charge >= 0.3 is 6.03 Å². The second-order valence-electron chi connectivity index (χ2n) is 18.6. The Morgan fingerprint density at radius 1 is 0.710 bits per heavy atom. The van der Waals surface area contributed by atoms with Gasteiger partial charge in [0, 0.05) is 45.3 Å². The molecule has 9 amide bonds. The minimum Gasteiger partial charge on any atom is -0.349 e. The molecule has 380 valence electrons. The van der Waals surface area contributed by atoms with Crippen molar-refractivity contribution in [3.05, 3.63) is 54.6 Å². The molecule has 0 radical (unpaired) electrons. The van der Waals surface area contributed by atoms with Crippen molar-refractivity contribution in [2.24, 2.45) is 23.7 Å². The lowest BCUT2D eigenvalue weighted by atomic mass is 9.83. The van der Waals surface area contributed by atoms with E-state index >= 15 is 0 Å². The Morgan fingerprint density at radius 3 is 1.86 bits per heavy atom. The Kier molecular flexibility index (Phi) is 24.8. The van der Waals surface area contributed by atoms with Gasteiger partial charge in [-0.25, -0.2) is 9.78 Å². The molecule has 5 rings (SSSR count). The number of carbonyl (C=O) groups excluding carboxylic acids is 9. The summed E-state index contributed by atoms with van der Waals surface area (Å²) in [5.41, 5.74) is 0.527. The average Bonchev–Trinajstić information content (AvgIpc) is 3.77. The molecular weight excluding hydrogens is 887 g/mol. The number of hydrogen-bond acceptors (Lipinski definition) is 11. The van der Waals surface area contributed by atoms with E-state index in [-0.39, 0.29) is 36.5 Å². The Morgan fingerprint density at radius 2 is 1.29 bits per heavy atom. The van der Waals surface area contributed by atoms with E-state index in [4.69, 9.17) is 0 Å². The number of nitrogens with one attached hydrogen (secondary N) is 7. The predicted octanol–water partition coefficient (Wildman–Crippen LogP) is 2.95. The third kappa shape index (κ3) is 20.0. The third-order valence-electron chi connectivity index (χ3n) is 11.5. The molecule has 20 heteroatoms. The first-order valence-electron chi connectivity index (χ1n) is 24.3. The molecule has 2 aromatic rings. The fourth-order valence-electron chi connectivity index (χ4n) is 8.13. The highest BCUT2D eigenvalue weighted by Crippen LogP contribution is 2.28. The summed E-state index contributed by atoms with van der Waals surface area (Å²) in [7, 11) is 3.19. The van der Waals surface area contributed by atoms with Crippen molar-refractivity contribution in [1.29, 1.82) is 0 Å². The highest BCUT2D eigenvalue weighted by atomic mass is 16.2. The van der Waals surface area contributed by atoms with Crippen LogP contribution in [0.15, 0.2) is 48.9 Å². The van der Waals surface area contributed by atoms with Crippen molar-refractivity contribution in [2.45, 2.75) is 123 Å². The van der Waals surface area contributed by atoms with Gasteiger partial charge in [-0.2, -0.15) is 0 Å². The summed E-state index contributed by atoms with van der Waals surface area (Å²) in [4.78, 5) is 128. The van der Waals surface area contributed by atoms with Crippen LogP contribution in [0.4, 0.5) is 10.5 Å². The number of hydrogen-bond donors (Lipinski definition) is 7. The van der Waals surface area contributed by atoms with Gasteiger partial charge in [-0.15, -0.1) is 0 Å². The summed E-state index contributed by atoms with van der Waals surface area (Å²) in [6.07, 6.45) is 14.0. The van der Waals surface area contributed by atoms with Gasteiger partial charge in [0.25, 0.3) is 11.8 Å². The predicted molar refractivity (Wildman–Crippen MR) is 260 cm³/mol. The number of urea groups is 1. The van der Waals surface area contributed by atoms with Crippen LogP contribution in [0.2, 0.25) is 0 Å². The lowest BCUT2D eigenvalue weighted by Crippen LogP contribution is -2.54. The molecule has 69 heavy (non-hydrogen) atoms. The number of likely N-dealkylation sites (N-methyl/N-ethyl adjacent to an activating group) is 1. The second-order valence-corrected chi connectivity index (χ2v) is 18.6. The number of aromatic nitrogens is 2. The van der Waals surface area contributed by atoms with Crippen LogP contribution in [-0.2, 0) is 33.6 Å². The first-order valence-corrected chi connectivity index (χ1v) is 24.3. The molecule has 20 nitrogen and oxygen atoms in total. The molecule has 1 saturated heterocycles. The van der Waals surface area contributed by atoms with E-state index in [0.717, 1.165) is 57.3 Å². The van der Waals surface area contributed by atoms with Crippen molar-refractivity contribution in [2.75, 3.05) is 52.1 Å². The monoisotopic (exact) mass is 962 g/mol. The molecule has 3 fully saturated rings. The number of para-hydroxylation sites is 1. The van der Waals surface area contributed by atoms with Crippen molar-refractivity contribution in [3.8, 4) is 0 Å². The van der Waals surface area contributed by atoms with Crippen LogP contribution >= 0.6 is 0 Å². The van der Waals surface area contributed by atoms with Crippen LogP contribution in [0.1, 0.15) is 116 Å². The molecule has 2 heterocycles. The van der Waals surface area contributed by atoms with Gasteiger partial charge in [0.1, 0.15) is 17.8 Å². The summed E-state index contributed by atoms with van der Waals surface area (Å²) < 4.78 is 0. The molecule has 0 bridgehead atoms. The summed E-state index contributed by atoms with van der Waals surface area (Å²) in [6, 6.07) is 5.34. The molecule has 2 aliphatic carbocycles. The zero-order chi connectivity index (χ0) is 50.9. The fourth-order valence-corrected chi connectivity index (χ4v) is 8.13. The van der Waals surface area contributed by atoms with E-state index in [1.54, 1.807) is 44.4 Å². The van der Waals surface area contributed by atoms with E-state index in [2.05, 4.69) is 81.8 Å². The Bertz CT molecular complexity index is 1990. The molecule has 2 unspecified atom stereocenters. The lowest BCUT2D eigenvalue weighted by Gasteiger charge is -2.31. The maximum Gasteiger partial charge on any atom is 0.321 e. The molecule has 0 spiro atoms. The summed E-state index contributed by atoms with van der Waals surface area (Å²) in [5, 5.41) is 18.2. The summed E-state index contributed by atoms with van der Waals surface area (Å²) in [6.45, 7) is 8.63. The zero-order valence-corrected chi connectivity index (χ0v) is 41.4. The Labute approximate surface area is 406 Å². The molecule has 1 aromatic heterocycles. The van der Waals surface area contributed by atoms with E-state index in [1.807, 2.05) is 0 Å². The summed E-state index contributed by atoms with van der Waals surface area (Å²) >= 11 is 0. The van der Waals surface area contributed by atoms with E-state index in [9.17, 15) is 43.2 Å². The lowest BCUT2D eigenvalue weighted by molar-refractivity contribution is -0.139. The molecule has 1 aromatic carbocycles. The minimum atomic E-state index is -1.14. The van der Waals surface area contributed by atoms with Gasteiger partial charge in [0.05, 0.1) is 37.8 Å². The number of Topliss-reactive ketones (excluding diaryl/α,β-unsaturated/α-hetero) is 1. The number of likely N-dealkylation sites (tertiary alicyclic amines) is 1. The van der Waals surface area contributed by atoms with Gasteiger partial charge in [-0.1, -0.05) is 97.8 Å². The number of ketones is 1. The molecule has 7 N–H and O–H groups in total. The average molecular weight is 962 g/mol. The zero-order valence-electron chi connectivity index (χ0n) is 41.4. The molecule has 1 aliphatic heterocycles. The van der Waals surface area contributed by atoms with Gasteiger partial charge in [-0.05, 0) is 55.6 Å². The molecule has 3 aliphatic rings. The standard InChI is InChI=1S/C42H57N11O9.C4H10.C3H8/c1-52(2)41(61)36(27-14-8-4-9-15-27)50-34(56)23-46-39(59)32(54)21-45-37(57)29-24-53(42(62)48-28-16-10-5-11-17-28)25-31(29)49-33(55)22-47-40(60)35(26-12-6-3-7-13-26)51-38(58)30-20-43-18-19-44-30;1-4(2)3;1-3-2/h5,10-11,16-20,26-27,29,31,35-36H,3-4,6-9,12-15,21-25H2,1-2H3,(H,45,57)(H,46,59)(H,47,60)(H,48,62)(H,49,55)(H,50,56)(H,51,58);4H,1-3H3;3H2,1-2H3/t29-,31+,35?,36?;;/m1../s1. The van der Waals surface area contributed by atoms with Crippen LogP contribution in [0, 0.1) is 23.7 Å². The first-order chi connectivity index (χ1) is 32.9. The van der Waals surface area contributed by atoms with Crippen molar-refractivity contribution in [3.63, 3.8) is 0 Å². The van der Waals surface area contributed by atoms with E-state index < -0.39 is 90.9 Å². The topological polar surface area (TPSA) is 270 Å². The third-order valence-corrected chi connectivity index (χ3v) is 11.5. The number of rotatable bonds is 17. The van der Waals surface area contributed by atoms with Crippen molar-refractivity contribution >= 4 is 58.9 Å². The number of anilines is 1. The smallest absolute Gasteiger partial charge is 0.321 e. The Hall–Kier alpha value is -6.47. The van der Waals surface area contributed by atoms with Crippen molar-refractivity contribution in [1.82, 2.24) is 51.7 Å². The van der Waals surface area contributed by atoms with Crippen LogP contribution in [0.3, 0.4) is 0 Å². The van der Waals surface area contributed by atoms with Crippen LogP contribution in [0.25, 0.3) is 0 Å². The number of nitrogens with zero attached hydrogens (tertiary/aromatic N) is 4. The Balaban J connectivity index is 0.00000169. The van der Waals surface area contributed by atoms with Crippen molar-refractivity contribution < 1.29 is 43.2 Å². The minimum absolute atomic E-state index is 0.0348. The summed E-state index contributed by atoms with van der Waals surface area (Å²) in [5.74, 6) is -6.15. The highest BCUT2D eigenvalue weighted by Gasteiger charge is 2.41. The quantitative estimate of drug-likeness (QED) is 0.113. The fraction of sp³-hybridized carbons (Fsp3) is 0.612. The largest absolute Gasteiger partial charge is 0.349 e. The number of carbonyl (C=O) groups is 9. The van der Waals surface area contributed by atoms with Crippen LogP contribution < -0.4 is 37.2 Å². The van der Waals surface area contributed by atoms with Gasteiger partial charge in [-0.3, -0.25) is 43.3 Å². The van der Waals surface area contributed by atoms with Crippen LogP contribution in [-0.4, -0.2) is 138 Å². The maximum absolute atomic E-state index is 13.6. The van der Waals surface area contributed by atoms with E-state index in [0.29, 0.717) is 18.5 Å². The normalized spacial score (nSPS) is 17.7. The van der Waals surface area contributed by atoms with Gasteiger partial charge in [0.15, 0.2) is 0 Å². The molecule has 2 saturated carbocycles. The second kappa shape index (κ2) is 30.1. The van der Waals surface area contributed by atoms with Crippen LogP contribution in [0.5, 0.6) is 0 Å². The molecular formula is C49H75N11O9. The van der Waals surface area contributed by atoms with Gasteiger partial charge in [0.2, 0.25) is 35.3 Å². The number of benzene rings is 1. The maximum atomic E-state index is 13.6. The SMILES string of the molecule is CC(C)C.CCC.CN(C)C(=O)C(NC(=O)CNC(=O)C(=O)CNC(=O)[C@@H]1CN(C(=O)Nc2ccccc2)C[C@@H]1NC(=O)CNC(=O)C(NC(=O)c1cnccn1)C1CCCCC1)C1CCCCC1. The van der Waals surface area contributed by atoms with E-state index in [1.165, 1.54) is 34.8 Å².